The van der Waals surface area contributed by atoms with Gasteiger partial charge in [0.25, 0.3) is 0 Å². The quantitative estimate of drug-likeness (QED) is 0.205. The molecule has 0 saturated carbocycles. The third-order valence-corrected chi connectivity index (χ3v) is 7.70. The Morgan fingerprint density at radius 3 is 1.88 bits per heavy atom. The lowest BCUT2D eigenvalue weighted by Crippen LogP contribution is -2.11. The number of hydrogen-bond acceptors (Lipinski definition) is 1. The van der Waals surface area contributed by atoms with Crippen LogP contribution in [0.1, 0.15) is 0 Å². The molecule has 4 heteroatoms. The lowest BCUT2D eigenvalue weighted by Gasteiger charge is -2.28. The summed E-state index contributed by atoms with van der Waals surface area (Å²) in [6.07, 6.45) is 0. The monoisotopic (exact) mass is 554 g/mol. The lowest BCUT2D eigenvalue weighted by molar-refractivity contribution is 1.18. The van der Waals surface area contributed by atoms with Crippen molar-refractivity contribution in [1.82, 2.24) is 4.57 Å². The molecule has 0 radical (unpaired) electrons. The van der Waals surface area contributed by atoms with Crippen LogP contribution < -0.4 is 4.90 Å². The molecule has 0 unspecified atom stereocenters. The van der Waals surface area contributed by atoms with Gasteiger partial charge in [-0.15, -0.1) is 0 Å². The SMILES string of the molecule is Clc1cc(Cl)cc(-c2ccccc2N(c2ccccc2)c2ccc3c4ccccc4n(-c4ccccc4)c3c2)c1. The highest BCUT2D eigenvalue weighted by atomic mass is 35.5. The standard InChI is InChI=1S/C36H24Cl2N2/c37-26-21-25(22-27(38)23-26)31-15-7-9-17-34(31)39(28-11-3-1-4-12-28)30-19-20-33-32-16-8-10-18-35(32)40(36(33)24-30)29-13-5-2-6-14-29/h1-24H. The van der Waals surface area contributed by atoms with E-state index in [1.54, 1.807) is 6.07 Å². The van der Waals surface area contributed by atoms with Gasteiger partial charge in [-0.3, -0.25) is 0 Å². The van der Waals surface area contributed by atoms with Crippen LogP contribution in [0, 0.1) is 0 Å². The fraction of sp³-hybridized carbons (Fsp3) is 0. The summed E-state index contributed by atoms with van der Waals surface area (Å²) < 4.78 is 2.35. The predicted octanol–water partition coefficient (Wildman–Crippen LogP) is 11.2. The van der Waals surface area contributed by atoms with Crippen molar-refractivity contribution in [1.29, 1.82) is 0 Å². The van der Waals surface area contributed by atoms with Crippen molar-refractivity contribution in [2.45, 2.75) is 0 Å². The maximum absolute atomic E-state index is 6.44. The van der Waals surface area contributed by atoms with Gasteiger partial charge in [0.15, 0.2) is 0 Å². The molecule has 0 fully saturated rings. The Morgan fingerprint density at radius 1 is 0.475 bits per heavy atom. The van der Waals surface area contributed by atoms with E-state index in [1.807, 2.05) is 24.3 Å². The number of benzene rings is 6. The minimum Gasteiger partial charge on any atom is -0.310 e. The fourth-order valence-electron chi connectivity index (χ4n) is 5.58. The van der Waals surface area contributed by atoms with E-state index in [1.165, 1.54) is 16.3 Å². The predicted molar refractivity (Wildman–Crippen MR) is 171 cm³/mol. The number of fused-ring (bicyclic) bond motifs is 3. The van der Waals surface area contributed by atoms with Crippen LogP contribution in [0.15, 0.2) is 146 Å². The van der Waals surface area contributed by atoms with Crippen LogP contribution in [0.2, 0.25) is 10.0 Å². The van der Waals surface area contributed by atoms with Crippen LogP contribution in [0.3, 0.4) is 0 Å². The zero-order chi connectivity index (χ0) is 27.1. The maximum atomic E-state index is 6.44. The van der Waals surface area contributed by atoms with E-state index in [-0.39, 0.29) is 0 Å². The van der Waals surface area contributed by atoms with Crippen molar-refractivity contribution < 1.29 is 0 Å². The topological polar surface area (TPSA) is 8.17 Å². The largest absolute Gasteiger partial charge is 0.310 e. The number of anilines is 3. The van der Waals surface area contributed by atoms with Gasteiger partial charge in [-0.2, -0.15) is 0 Å². The van der Waals surface area contributed by atoms with E-state index in [2.05, 4.69) is 125 Å². The van der Waals surface area contributed by atoms with Crippen molar-refractivity contribution in [2.75, 3.05) is 4.90 Å². The fourth-order valence-corrected chi connectivity index (χ4v) is 6.11. The number of rotatable bonds is 5. The first-order chi connectivity index (χ1) is 19.7. The second kappa shape index (κ2) is 10.2. The highest BCUT2D eigenvalue weighted by Crippen LogP contribution is 2.43. The molecule has 0 atom stereocenters. The molecule has 0 spiro atoms. The molecule has 7 rings (SSSR count). The molecule has 6 aromatic carbocycles. The highest BCUT2D eigenvalue weighted by Gasteiger charge is 2.20. The normalized spacial score (nSPS) is 11.2. The minimum absolute atomic E-state index is 0.609. The van der Waals surface area contributed by atoms with Gasteiger partial charge in [0.05, 0.1) is 16.7 Å². The zero-order valence-electron chi connectivity index (χ0n) is 21.5. The van der Waals surface area contributed by atoms with Crippen LogP contribution in [-0.4, -0.2) is 4.57 Å². The highest BCUT2D eigenvalue weighted by molar-refractivity contribution is 6.35. The van der Waals surface area contributed by atoms with Crippen molar-refractivity contribution >= 4 is 62.1 Å². The molecule has 0 saturated heterocycles. The Labute approximate surface area is 243 Å². The molecule has 2 nitrogen and oxygen atoms in total. The number of para-hydroxylation sites is 4. The number of halogens is 2. The maximum Gasteiger partial charge on any atom is 0.0561 e. The molecular weight excluding hydrogens is 531 g/mol. The zero-order valence-corrected chi connectivity index (χ0v) is 23.0. The Hall–Kier alpha value is -4.50. The average molecular weight is 556 g/mol. The van der Waals surface area contributed by atoms with Gasteiger partial charge in [0.2, 0.25) is 0 Å². The molecule has 0 amide bonds. The molecule has 1 aromatic heterocycles. The Balaban J connectivity index is 1.51. The molecule has 0 aliphatic carbocycles. The number of aromatic nitrogens is 1. The molecule has 0 aliphatic rings. The van der Waals surface area contributed by atoms with Crippen LogP contribution >= 0.6 is 23.2 Å². The Bertz CT molecular complexity index is 1960. The van der Waals surface area contributed by atoms with Crippen LogP contribution in [0.25, 0.3) is 38.6 Å². The smallest absolute Gasteiger partial charge is 0.0561 e. The second-order valence-corrected chi connectivity index (χ2v) is 10.6. The summed E-state index contributed by atoms with van der Waals surface area (Å²) in [5.74, 6) is 0. The van der Waals surface area contributed by atoms with Gasteiger partial charge >= 0.3 is 0 Å². The molecule has 0 N–H and O–H groups in total. The van der Waals surface area contributed by atoms with E-state index in [0.717, 1.165) is 39.4 Å². The first kappa shape index (κ1) is 24.5. The summed E-state index contributed by atoms with van der Waals surface area (Å²) in [5.41, 5.74) is 8.62. The van der Waals surface area contributed by atoms with Crippen molar-refractivity contribution in [3.8, 4) is 16.8 Å². The van der Waals surface area contributed by atoms with Gasteiger partial charge in [-0.05, 0) is 72.3 Å². The summed E-state index contributed by atoms with van der Waals surface area (Å²) >= 11 is 12.9. The molecule has 7 aromatic rings. The first-order valence-electron chi connectivity index (χ1n) is 13.2. The van der Waals surface area contributed by atoms with Crippen molar-refractivity contribution in [2.24, 2.45) is 0 Å². The van der Waals surface area contributed by atoms with E-state index in [4.69, 9.17) is 23.2 Å². The van der Waals surface area contributed by atoms with Crippen LogP contribution in [0.4, 0.5) is 17.1 Å². The summed E-state index contributed by atoms with van der Waals surface area (Å²) in [5, 5.41) is 3.66. The third kappa shape index (κ3) is 4.32. The van der Waals surface area contributed by atoms with Gasteiger partial charge < -0.3 is 9.47 Å². The number of hydrogen-bond donors (Lipinski definition) is 0. The van der Waals surface area contributed by atoms with Crippen LogP contribution in [0.5, 0.6) is 0 Å². The van der Waals surface area contributed by atoms with E-state index >= 15 is 0 Å². The summed E-state index contributed by atoms with van der Waals surface area (Å²) in [4.78, 5) is 2.30. The molecule has 1 heterocycles. The number of nitrogens with zero attached hydrogens (tertiary/aromatic N) is 2. The van der Waals surface area contributed by atoms with Gasteiger partial charge in [-0.25, -0.2) is 0 Å². The molecule has 0 bridgehead atoms. The lowest BCUT2D eigenvalue weighted by atomic mass is 10.0. The molecule has 192 valence electrons. The second-order valence-electron chi connectivity index (χ2n) is 9.74. The molecule has 0 aliphatic heterocycles. The summed E-state index contributed by atoms with van der Waals surface area (Å²) in [7, 11) is 0. The van der Waals surface area contributed by atoms with Gasteiger partial charge in [0.1, 0.15) is 0 Å². The first-order valence-corrected chi connectivity index (χ1v) is 13.9. The molecular formula is C36H24Cl2N2. The van der Waals surface area contributed by atoms with Gasteiger partial charge in [0, 0.05) is 43.4 Å². The summed E-state index contributed by atoms with van der Waals surface area (Å²) in [6, 6.07) is 50.4. The van der Waals surface area contributed by atoms with Crippen LogP contribution in [-0.2, 0) is 0 Å². The van der Waals surface area contributed by atoms with Crippen molar-refractivity contribution in [3.63, 3.8) is 0 Å². The van der Waals surface area contributed by atoms with E-state index < -0.39 is 0 Å². The van der Waals surface area contributed by atoms with Gasteiger partial charge in [-0.1, -0.05) is 102 Å². The van der Waals surface area contributed by atoms with Crippen molar-refractivity contribution in [3.05, 3.63) is 156 Å². The molecule has 40 heavy (non-hydrogen) atoms. The Kier molecular flexibility index (Phi) is 6.28. The average Bonchev–Trinajstić information content (AvgIpc) is 3.32. The third-order valence-electron chi connectivity index (χ3n) is 7.26. The summed E-state index contributed by atoms with van der Waals surface area (Å²) in [6.45, 7) is 0. The van der Waals surface area contributed by atoms with E-state index in [9.17, 15) is 0 Å². The Morgan fingerprint density at radius 2 is 1.10 bits per heavy atom. The minimum atomic E-state index is 0.609. The van der Waals surface area contributed by atoms with E-state index in [0.29, 0.717) is 10.0 Å².